The van der Waals surface area contributed by atoms with Crippen molar-refractivity contribution in [3.63, 3.8) is 0 Å². The fourth-order valence-corrected chi connectivity index (χ4v) is 2.88. The minimum atomic E-state index is 0.0923. The monoisotopic (exact) mass is 343 g/mol. The molecule has 0 saturated carbocycles. The lowest BCUT2D eigenvalue weighted by atomic mass is 9.86. The molecule has 1 heterocycles. The second-order valence-electron chi connectivity index (χ2n) is 4.91. The number of halogens is 1. The Hall–Kier alpha value is -1.94. The molecule has 0 fully saturated rings. The Kier molecular flexibility index (Phi) is 3.88. The molecule has 3 nitrogen and oxygen atoms in total. The lowest BCUT2D eigenvalue weighted by Crippen LogP contribution is -2.14. The number of ketones is 1. The fourth-order valence-electron chi connectivity index (χ4n) is 2.51. The molecular weight excluding hydrogens is 330 g/mol. The standard InChI is InChI=1S/C17H14BrNO2/c1-21-14-6-7-15-11(10-14)4-5-12(16(15)20)9-13-3-2-8-19-17(13)18/h2-3,6-10H,4-5H2,1H3. The van der Waals surface area contributed by atoms with Gasteiger partial charge in [0.25, 0.3) is 0 Å². The number of pyridine rings is 1. The number of carbonyl (C=O) groups excluding carboxylic acids is 1. The van der Waals surface area contributed by atoms with Crippen molar-refractivity contribution in [3.8, 4) is 5.75 Å². The van der Waals surface area contributed by atoms with Crippen molar-refractivity contribution in [1.82, 2.24) is 4.98 Å². The first-order valence-corrected chi connectivity index (χ1v) is 7.51. The molecule has 3 rings (SSSR count). The van der Waals surface area contributed by atoms with E-state index in [1.807, 2.05) is 36.4 Å². The summed E-state index contributed by atoms with van der Waals surface area (Å²) in [5.74, 6) is 0.888. The van der Waals surface area contributed by atoms with E-state index in [2.05, 4.69) is 20.9 Å². The van der Waals surface area contributed by atoms with Gasteiger partial charge < -0.3 is 4.74 Å². The number of allylic oxidation sites excluding steroid dienone is 1. The third kappa shape index (κ3) is 2.76. The van der Waals surface area contributed by atoms with E-state index in [0.717, 1.165) is 45.5 Å². The Bertz CT molecular complexity index is 737. The van der Waals surface area contributed by atoms with Crippen LogP contribution in [0, 0.1) is 0 Å². The van der Waals surface area contributed by atoms with Crippen LogP contribution in [-0.4, -0.2) is 17.9 Å². The van der Waals surface area contributed by atoms with Gasteiger partial charge in [-0.2, -0.15) is 0 Å². The second kappa shape index (κ2) is 5.82. The number of hydrogen-bond donors (Lipinski definition) is 0. The van der Waals surface area contributed by atoms with Gasteiger partial charge in [-0.15, -0.1) is 0 Å². The molecule has 0 saturated heterocycles. The molecule has 2 aromatic rings. The fraction of sp³-hybridized carbons (Fsp3) is 0.176. The van der Waals surface area contributed by atoms with Crippen LogP contribution in [0.4, 0.5) is 0 Å². The summed E-state index contributed by atoms with van der Waals surface area (Å²) in [6.45, 7) is 0. The Labute approximate surface area is 131 Å². The average Bonchev–Trinajstić information content (AvgIpc) is 2.51. The van der Waals surface area contributed by atoms with Gasteiger partial charge in [0.2, 0.25) is 0 Å². The average molecular weight is 344 g/mol. The summed E-state index contributed by atoms with van der Waals surface area (Å²) >= 11 is 3.41. The normalized spacial score (nSPS) is 15.9. The molecule has 0 unspecified atom stereocenters. The van der Waals surface area contributed by atoms with Gasteiger partial charge in [-0.05, 0) is 64.7 Å². The zero-order chi connectivity index (χ0) is 14.8. The Morgan fingerprint density at radius 3 is 2.90 bits per heavy atom. The first-order valence-electron chi connectivity index (χ1n) is 6.72. The molecular formula is C17H14BrNO2. The number of methoxy groups -OCH3 is 1. The van der Waals surface area contributed by atoms with E-state index >= 15 is 0 Å². The highest BCUT2D eigenvalue weighted by molar-refractivity contribution is 9.10. The van der Waals surface area contributed by atoms with E-state index in [4.69, 9.17) is 4.74 Å². The van der Waals surface area contributed by atoms with Gasteiger partial charge in [-0.3, -0.25) is 4.79 Å². The van der Waals surface area contributed by atoms with E-state index < -0.39 is 0 Å². The minimum Gasteiger partial charge on any atom is -0.497 e. The largest absolute Gasteiger partial charge is 0.497 e. The molecule has 0 bridgehead atoms. The second-order valence-corrected chi connectivity index (χ2v) is 5.66. The number of ether oxygens (including phenoxy) is 1. The number of fused-ring (bicyclic) bond motifs is 1. The van der Waals surface area contributed by atoms with Crippen LogP contribution < -0.4 is 4.74 Å². The van der Waals surface area contributed by atoms with Crippen LogP contribution in [0.25, 0.3) is 6.08 Å². The molecule has 0 atom stereocenters. The summed E-state index contributed by atoms with van der Waals surface area (Å²) in [4.78, 5) is 16.8. The highest BCUT2D eigenvalue weighted by Gasteiger charge is 2.22. The van der Waals surface area contributed by atoms with Crippen molar-refractivity contribution in [3.05, 3.63) is 63.4 Å². The molecule has 0 N–H and O–H groups in total. The Morgan fingerprint density at radius 2 is 2.14 bits per heavy atom. The summed E-state index contributed by atoms with van der Waals surface area (Å²) in [5, 5.41) is 0. The molecule has 1 aliphatic carbocycles. The third-order valence-corrected chi connectivity index (χ3v) is 4.29. The quantitative estimate of drug-likeness (QED) is 0.609. The Morgan fingerprint density at radius 1 is 1.29 bits per heavy atom. The topological polar surface area (TPSA) is 39.2 Å². The summed E-state index contributed by atoms with van der Waals surface area (Å²) in [6.07, 6.45) is 5.23. The van der Waals surface area contributed by atoms with Gasteiger partial charge in [0.15, 0.2) is 5.78 Å². The van der Waals surface area contributed by atoms with E-state index in [0.29, 0.717) is 0 Å². The zero-order valence-corrected chi connectivity index (χ0v) is 13.2. The van der Waals surface area contributed by atoms with E-state index in [1.54, 1.807) is 13.3 Å². The van der Waals surface area contributed by atoms with Crippen LogP contribution in [-0.2, 0) is 6.42 Å². The van der Waals surface area contributed by atoms with Crippen molar-refractivity contribution in [2.75, 3.05) is 7.11 Å². The van der Waals surface area contributed by atoms with Crippen molar-refractivity contribution in [1.29, 1.82) is 0 Å². The van der Waals surface area contributed by atoms with Gasteiger partial charge in [0.1, 0.15) is 10.4 Å². The highest BCUT2D eigenvalue weighted by Crippen LogP contribution is 2.30. The molecule has 0 aliphatic heterocycles. The molecule has 1 aromatic heterocycles. The van der Waals surface area contributed by atoms with Crippen molar-refractivity contribution >= 4 is 27.8 Å². The maximum Gasteiger partial charge on any atom is 0.189 e. The van der Waals surface area contributed by atoms with Gasteiger partial charge in [0, 0.05) is 22.9 Å². The first kappa shape index (κ1) is 14.0. The van der Waals surface area contributed by atoms with Gasteiger partial charge >= 0.3 is 0 Å². The van der Waals surface area contributed by atoms with Crippen LogP contribution in [0.2, 0.25) is 0 Å². The number of carbonyl (C=O) groups is 1. The first-order chi connectivity index (χ1) is 10.2. The maximum absolute atomic E-state index is 12.6. The van der Waals surface area contributed by atoms with Crippen molar-refractivity contribution in [2.45, 2.75) is 12.8 Å². The summed E-state index contributed by atoms with van der Waals surface area (Å²) in [6, 6.07) is 9.44. The van der Waals surface area contributed by atoms with Crippen molar-refractivity contribution in [2.24, 2.45) is 0 Å². The van der Waals surface area contributed by atoms with Crippen LogP contribution in [0.1, 0.15) is 27.9 Å². The Balaban J connectivity index is 1.98. The number of aryl methyl sites for hydroxylation is 1. The zero-order valence-electron chi connectivity index (χ0n) is 11.6. The van der Waals surface area contributed by atoms with Crippen LogP contribution in [0.3, 0.4) is 0 Å². The summed E-state index contributed by atoms with van der Waals surface area (Å²) in [5.41, 5.74) is 3.58. The van der Waals surface area contributed by atoms with Gasteiger partial charge in [-0.1, -0.05) is 6.07 Å². The molecule has 21 heavy (non-hydrogen) atoms. The summed E-state index contributed by atoms with van der Waals surface area (Å²) < 4.78 is 5.97. The number of aromatic nitrogens is 1. The molecule has 0 spiro atoms. The molecule has 4 heteroatoms. The van der Waals surface area contributed by atoms with E-state index in [-0.39, 0.29) is 5.78 Å². The van der Waals surface area contributed by atoms with Crippen LogP contribution >= 0.6 is 15.9 Å². The molecule has 1 aromatic carbocycles. The molecule has 1 aliphatic rings. The molecule has 0 amide bonds. The van der Waals surface area contributed by atoms with Gasteiger partial charge in [0.05, 0.1) is 7.11 Å². The molecule has 106 valence electrons. The highest BCUT2D eigenvalue weighted by atomic mass is 79.9. The number of Topliss-reactive ketones (excluding diaryl/α,β-unsaturated/α-hetero) is 1. The number of benzene rings is 1. The number of hydrogen-bond acceptors (Lipinski definition) is 3. The van der Waals surface area contributed by atoms with Crippen molar-refractivity contribution < 1.29 is 9.53 Å². The third-order valence-electron chi connectivity index (χ3n) is 3.63. The predicted molar refractivity (Wildman–Crippen MR) is 85.6 cm³/mol. The number of rotatable bonds is 2. The van der Waals surface area contributed by atoms with Crippen LogP contribution in [0.15, 0.2) is 46.7 Å². The summed E-state index contributed by atoms with van der Waals surface area (Å²) in [7, 11) is 1.64. The SMILES string of the molecule is COc1ccc2c(c1)CCC(=Cc1cccnc1Br)C2=O. The lowest BCUT2D eigenvalue weighted by Gasteiger charge is -2.18. The van der Waals surface area contributed by atoms with E-state index in [9.17, 15) is 4.79 Å². The van der Waals surface area contributed by atoms with E-state index in [1.165, 1.54) is 0 Å². The predicted octanol–water partition coefficient (Wildman–Crippen LogP) is 4.07. The van der Waals surface area contributed by atoms with Crippen LogP contribution in [0.5, 0.6) is 5.75 Å². The lowest BCUT2D eigenvalue weighted by molar-refractivity contribution is 0.102. The number of nitrogens with zero attached hydrogens (tertiary/aromatic N) is 1. The minimum absolute atomic E-state index is 0.0923. The van der Waals surface area contributed by atoms with Gasteiger partial charge in [-0.25, -0.2) is 4.98 Å². The maximum atomic E-state index is 12.6. The molecule has 0 radical (unpaired) electrons. The smallest absolute Gasteiger partial charge is 0.189 e.